The Hall–Kier alpha value is -4.12. The summed E-state index contributed by atoms with van der Waals surface area (Å²) in [4.78, 5) is 28.6. The van der Waals surface area contributed by atoms with Crippen LogP contribution in [-0.2, 0) is 16.6 Å². The standard InChI is InChI=1S/C30H28N2O3/c1-17-12-18(2)14-22(13-17)32-27(24-16-31(5)25-9-7-6-8-23(24)25)26(29(34)30(32)35)28(33)21-11-10-19(3)20(4)15-21/h6-16,27,33H,1-5H3/b28-26+. The van der Waals surface area contributed by atoms with Crippen LogP contribution in [0.25, 0.3) is 16.7 Å². The number of nitrogens with zero attached hydrogens (tertiary/aromatic N) is 2. The molecular weight excluding hydrogens is 436 g/mol. The van der Waals surface area contributed by atoms with Crippen molar-refractivity contribution in [2.24, 2.45) is 7.05 Å². The first kappa shape index (κ1) is 22.7. The lowest BCUT2D eigenvalue weighted by Crippen LogP contribution is -2.29. The maximum absolute atomic E-state index is 13.5. The quantitative estimate of drug-likeness (QED) is 0.228. The van der Waals surface area contributed by atoms with E-state index in [1.165, 1.54) is 4.90 Å². The number of benzene rings is 3. The fourth-order valence-corrected chi connectivity index (χ4v) is 5.12. The third-order valence-electron chi connectivity index (χ3n) is 6.93. The summed E-state index contributed by atoms with van der Waals surface area (Å²) >= 11 is 0. The van der Waals surface area contributed by atoms with Gasteiger partial charge in [-0.05, 0) is 74.2 Å². The third-order valence-corrected chi connectivity index (χ3v) is 6.93. The largest absolute Gasteiger partial charge is 0.507 e. The Morgan fingerprint density at radius 2 is 1.54 bits per heavy atom. The van der Waals surface area contributed by atoms with E-state index in [0.29, 0.717) is 11.3 Å². The molecule has 1 unspecified atom stereocenters. The highest BCUT2D eigenvalue weighted by molar-refractivity contribution is 6.52. The van der Waals surface area contributed by atoms with Gasteiger partial charge in [0.1, 0.15) is 5.76 Å². The normalized spacial score (nSPS) is 17.5. The van der Waals surface area contributed by atoms with Crippen molar-refractivity contribution in [2.75, 3.05) is 4.90 Å². The van der Waals surface area contributed by atoms with Crippen LogP contribution in [0.15, 0.2) is 72.4 Å². The average molecular weight is 465 g/mol. The molecule has 4 aromatic rings. The summed E-state index contributed by atoms with van der Waals surface area (Å²) in [6.45, 7) is 7.89. The number of Topliss-reactive ketones (excluding diaryl/α,β-unsaturated/α-hetero) is 1. The summed E-state index contributed by atoms with van der Waals surface area (Å²) in [5, 5.41) is 12.4. The zero-order chi connectivity index (χ0) is 25.0. The first-order valence-electron chi connectivity index (χ1n) is 11.7. The number of carbonyl (C=O) groups is 2. The van der Waals surface area contributed by atoms with E-state index in [2.05, 4.69) is 0 Å². The van der Waals surface area contributed by atoms with Crippen molar-refractivity contribution in [3.63, 3.8) is 0 Å². The summed E-state index contributed by atoms with van der Waals surface area (Å²) in [7, 11) is 1.94. The van der Waals surface area contributed by atoms with E-state index in [4.69, 9.17) is 0 Å². The summed E-state index contributed by atoms with van der Waals surface area (Å²) in [6.07, 6.45) is 1.95. The molecule has 5 rings (SSSR count). The molecule has 0 bridgehead atoms. The zero-order valence-corrected chi connectivity index (χ0v) is 20.6. The molecule has 1 amide bonds. The van der Waals surface area contributed by atoms with Crippen LogP contribution in [0, 0.1) is 27.7 Å². The second-order valence-electron chi connectivity index (χ2n) is 9.53. The van der Waals surface area contributed by atoms with Gasteiger partial charge in [0.2, 0.25) is 0 Å². The molecule has 1 aromatic heterocycles. The summed E-state index contributed by atoms with van der Waals surface area (Å²) in [6, 6.07) is 18.5. The second kappa shape index (κ2) is 8.27. The first-order valence-corrected chi connectivity index (χ1v) is 11.7. The maximum atomic E-state index is 13.5. The monoisotopic (exact) mass is 464 g/mol. The number of rotatable bonds is 3. The zero-order valence-electron chi connectivity index (χ0n) is 20.6. The molecular formula is C30H28N2O3. The lowest BCUT2D eigenvalue weighted by atomic mass is 9.93. The molecule has 1 aliphatic rings. The van der Waals surface area contributed by atoms with Crippen molar-refractivity contribution in [3.8, 4) is 0 Å². The van der Waals surface area contributed by atoms with Gasteiger partial charge in [-0.1, -0.05) is 36.4 Å². The molecule has 5 nitrogen and oxygen atoms in total. The van der Waals surface area contributed by atoms with Gasteiger partial charge in [0, 0.05) is 41.0 Å². The molecule has 0 radical (unpaired) electrons. The molecule has 0 saturated carbocycles. The first-order chi connectivity index (χ1) is 16.7. The van der Waals surface area contributed by atoms with Gasteiger partial charge in [-0.3, -0.25) is 14.5 Å². The van der Waals surface area contributed by atoms with Gasteiger partial charge < -0.3 is 9.67 Å². The Labute approximate surface area is 204 Å². The van der Waals surface area contributed by atoms with E-state index in [0.717, 1.165) is 38.7 Å². The average Bonchev–Trinajstić information content (AvgIpc) is 3.28. The van der Waals surface area contributed by atoms with Gasteiger partial charge in [-0.2, -0.15) is 0 Å². The number of ketones is 1. The van der Waals surface area contributed by atoms with E-state index >= 15 is 0 Å². The molecule has 1 fully saturated rings. The number of aromatic nitrogens is 1. The van der Waals surface area contributed by atoms with E-state index < -0.39 is 17.7 Å². The second-order valence-corrected chi connectivity index (χ2v) is 9.53. The Kier molecular flexibility index (Phi) is 5.36. The number of carbonyl (C=O) groups excluding carboxylic acids is 2. The van der Waals surface area contributed by atoms with Crippen LogP contribution in [-0.4, -0.2) is 21.4 Å². The van der Waals surface area contributed by atoms with Gasteiger partial charge in [0.15, 0.2) is 0 Å². The van der Waals surface area contributed by atoms with E-state index in [1.54, 1.807) is 6.07 Å². The highest BCUT2D eigenvalue weighted by Gasteiger charge is 2.48. The molecule has 0 aliphatic carbocycles. The number of hydrogen-bond acceptors (Lipinski definition) is 3. The van der Waals surface area contributed by atoms with Gasteiger partial charge in [-0.15, -0.1) is 0 Å². The van der Waals surface area contributed by atoms with Crippen molar-refractivity contribution < 1.29 is 14.7 Å². The van der Waals surface area contributed by atoms with Crippen LogP contribution >= 0.6 is 0 Å². The predicted octanol–water partition coefficient (Wildman–Crippen LogP) is 6.04. The minimum atomic E-state index is -0.760. The molecule has 0 spiro atoms. The fourth-order valence-electron chi connectivity index (χ4n) is 5.12. The number of aryl methyl sites for hydroxylation is 5. The minimum absolute atomic E-state index is 0.105. The van der Waals surface area contributed by atoms with Crippen LogP contribution in [0.5, 0.6) is 0 Å². The summed E-state index contributed by atoms with van der Waals surface area (Å²) in [5.41, 5.74) is 7.13. The topological polar surface area (TPSA) is 62.5 Å². The molecule has 176 valence electrons. The van der Waals surface area contributed by atoms with Crippen molar-refractivity contribution in [3.05, 3.63) is 106 Å². The molecule has 5 heteroatoms. The number of fused-ring (bicyclic) bond motifs is 1. The molecule has 3 aromatic carbocycles. The van der Waals surface area contributed by atoms with Crippen LogP contribution in [0.2, 0.25) is 0 Å². The van der Waals surface area contributed by atoms with Crippen molar-refractivity contribution in [1.29, 1.82) is 0 Å². The Bertz CT molecular complexity index is 1540. The predicted molar refractivity (Wildman–Crippen MR) is 140 cm³/mol. The van der Waals surface area contributed by atoms with Crippen molar-refractivity contribution >= 4 is 34.0 Å². The minimum Gasteiger partial charge on any atom is -0.507 e. The van der Waals surface area contributed by atoms with Crippen molar-refractivity contribution in [2.45, 2.75) is 33.7 Å². The Balaban J connectivity index is 1.82. The molecule has 35 heavy (non-hydrogen) atoms. The summed E-state index contributed by atoms with van der Waals surface area (Å²) < 4.78 is 1.99. The van der Waals surface area contributed by atoms with Crippen molar-refractivity contribution in [1.82, 2.24) is 4.57 Å². The third kappa shape index (κ3) is 3.64. The Morgan fingerprint density at radius 3 is 2.23 bits per heavy atom. The highest BCUT2D eigenvalue weighted by atomic mass is 16.3. The number of para-hydroxylation sites is 1. The van der Waals surface area contributed by atoms with E-state index in [-0.39, 0.29) is 11.3 Å². The molecule has 1 saturated heterocycles. The highest BCUT2D eigenvalue weighted by Crippen LogP contribution is 2.45. The number of aliphatic hydroxyl groups excluding tert-OH is 1. The van der Waals surface area contributed by atoms with E-state index in [9.17, 15) is 14.7 Å². The molecule has 1 aliphatic heterocycles. The number of hydrogen-bond donors (Lipinski definition) is 1. The molecule has 1 N–H and O–H groups in total. The van der Waals surface area contributed by atoms with Crippen LogP contribution in [0.4, 0.5) is 5.69 Å². The lowest BCUT2D eigenvalue weighted by Gasteiger charge is -2.25. The fraction of sp³-hybridized carbons (Fsp3) is 0.200. The SMILES string of the molecule is Cc1cc(C)cc(N2C(=O)C(=O)/C(=C(/O)c3ccc(C)c(C)c3)C2c2cn(C)c3ccccc23)c1. The van der Waals surface area contributed by atoms with Gasteiger partial charge >= 0.3 is 0 Å². The maximum Gasteiger partial charge on any atom is 0.300 e. The summed E-state index contributed by atoms with van der Waals surface area (Å²) in [5.74, 6) is -1.48. The number of amides is 1. The van der Waals surface area contributed by atoms with Gasteiger partial charge in [0.05, 0.1) is 11.6 Å². The smallest absolute Gasteiger partial charge is 0.300 e. The van der Waals surface area contributed by atoms with E-state index in [1.807, 2.05) is 100 Å². The van der Waals surface area contributed by atoms with Crippen LogP contribution < -0.4 is 4.90 Å². The van der Waals surface area contributed by atoms with Crippen LogP contribution in [0.3, 0.4) is 0 Å². The van der Waals surface area contributed by atoms with Gasteiger partial charge in [-0.25, -0.2) is 0 Å². The Morgan fingerprint density at radius 1 is 0.857 bits per heavy atom. The number of anilines is 1. The lowest BCUT2D eigenvalue weighted by molar-refractivity contribution is -0.132. The number of aliphatic hydroxyl groups is 1. The van der Waals surface area contributed by atoms with Gasteiger partial charge in [0.25, 0.3) is 11.7 Å². The van der Waals surface area contributed by atoms with Crippen LogP contribution in [0.1, 0.15) is 39.4 Å². The molecule has 2 heterocycles. The molecule has 1 atom stereocenters.